The maximum atomic E-state index is 12.1. The molecular weight excluding hydrogens is 382 g/mol. The number of rotatable bonds is 7. The van der Waals surface area contributed by atoms with E-state index in [1.807, 2.05) is 13.0 Å². The van der Waals surface area contributed by atoms with Crippen LogP contribution in [0.1, 0.15) is 28.8 Å². The Balaban J connectivity index is 1.45. The molecule has 148 valence electrons. The predicted molar refractivity (Wildman–Crippen MR) is 106 cm³/mol. The van der Waals surface area contributed by atoms with Gasteiger partial charge in [-0.3, -0.25) is 4.79 Å². The molecule has 0 radical (unpaired) electrons. The first-order valence-corrected chi connectivity index (χ1v) is 9.46. The molecule has 1 aliphatic heterocycles. The number of esters is 1. The SMILES string of the molecule is Cc1ccc(NC(=O)COC(=O)c2ccc(OC[C@H]3CCCO3)cc2)c(Cl)c1. The van der Waals surface area contributed by atoms with Crippen molar-refractivity contribution in [1.82, 2.24) is 0 Å². The molecule has 0 aliphatic carbocycles. The molecule has 3 rings (SSSR count). The minimum absolute atomic E-state index is 0.130. The lowest BCUT2D eigenvalue weighted by Gasteiger charge is -2.12. The molecule has 1 amide bonds. The minimum atomic E-state index is -0.587. The fourth-order valence-electron chi connectivity index (χ4n) is 2.77. The summed E-state index contributed by atoms with van der Waals surface area (Å²) in [6.45, 7) is 2.77. The van der Waals surface area contributed by atoms with Gasteiger partial charge >= 0.3 is 5.97 Å². The number of benzene rings is 2. The van der Waals surface area contributed by atoms with Gasteiger partial charge in [-0.2, -0.15) is 0 Å². The first-order valence-electron chi connectivity index (χ1n) is 9.09. The van der Waals surface area contributed by atoms with Crippen LogP contribution in [-0.4, -0.2) is 37.8 Å². The van der Waals surface area contributed by atoms with E-state index in [2.05, 4.69) is 5.32 Å². The molecule has 0 saturated carbocycles. The molecule has 1 aliphatic rings. The van der Waals surface area contributed by atoms with Gasteiger partial charge in [-0.15, -0.1) is 0 Å². The van der Waals surface area contributed by atoms with Gasteiger partial charge in [0.2, 0.25) is 0 Å². The fourth-order valence-corrected chi connectivity index (χ4v) is 3.06. The third-order valence-corrected chi connectivity index (χ3v) is 4.60. The molecule has 2 aromatic rings. The third kappa shape index (κ3) is 5.71. The standard InChI is InChI=1S/C21H22ClNO5/c1-14-4-9-19(18(22)11-14)23-20(24)13-28-21(25)15-5-7-16(8-6-15)27-12-17-3-2-10-26-17/h4-9,11,17H,2-3,10,12-13H2,1H3,(H,23,24)/t17-/m1/s1. The second kappa shape index (κ2) is 9.57. The van der Waals surface area contributed by atoms with Crippen LogP contribution in [-0.2, 0) is 14.3 Å². The van der Waals surface area contributed by atoms with E-state index >= 15 is 0 Å². The molecule has 1 atom stereocenters. The molecule has 1 saturated heterocycles. The molecular formula is C21H22ClNO5. The number of halogens is 1. The van der Waals surface area contributed by atoms with Crippen molar-refractivity contribution in [3.8, 4) is 5.75 Å². The number of aryl methyl sites for hydroxylation is 1. The second-order valence-electron chi connectivity index (χ2n) is 6.58. The van der Waals surface area contributed by atoms with E-state index in [0.29, 0.717) is 28.6 Å². The summed E-state index contributed by atoms with van der Waals surface area (Å²) >= 11 is 6.07. The van der Waals surface area contributed by atoms with E-state index < -0.39 is 18.5 Å². The van der Waals surface area contributed by atoms with E-state index in [1.165, 1.54) is 0 Å². The number of amides is 1. The fraction of sp³-hybridized carbons (Fsp3) is 0.333. The largest absolute Gasteiger partial charge is 0.491 e. The molecule has 28 heavy (non-hydrogen) atoms. The van der Waals surface area contributed by atoms with Crippen LogP contribution in [0.2, 0.25) is 5.02 Å². The minimum Gasteiger partial charge on any atom is -0.491 e. The number of nitrogens with one attached hydrogen (secondary N) is 1. The third-order valence-electron chi connectivity index (χ3n) is 4.28. The van der Waals surface area contributed by atoms with Gasteiger partial charge in [0.05, 0.1) is 22.4 Å². The van der Waals surface area contributed by atoms with Crippen LogP contribution in [0, 0.1) is 6.92 Å². The van der Waals surface area contributed by atoms with E-state index in [0.717, 1.165) is 25.0 Å². The van der Waals surface area contributed by atoms with Gasteiger partial charge in [-0.25, -0.2) is 4.79 Å². The highest BCUT2D eigenvalue weighted by Gasteiger charge is 2.16. The van der Waals surface area contributed by atoms with Crippen molar-refractivity contribution in [3.05, 3.63) is 58.6 Å². The highest BCUT2D eigenvalue weighted by Crippen LogP contribution is 2.22. The highest BCUT2D eigenvalue weighted by atomic mass is 35.5. The van der Waals surface area contributed by atoms with E-state index in [9.17, 15) is 9.59 Å². The summed E-state index contributed by atoms with van der Waals surface area (Å²) in [6.07, 6.45) is 2.19. The summed E-state index contributed by atoms with van der Waals surface area (Å²) in [4.78, 5) is 24.1. The Morgan fingerprint density at radius 2 is 2.00 bits per heavy atom. The Hall–Kier alpha value is -2.57. The summed E-state index contributed by atoms with van der Waals surface area (Å²) in [7, 11) is 0. The summed E-state index contributed by atoms with van der Waals surface area (Å²) in [6, 6.07) is 11.9. The number of carbonyl (C=O) groups is 2. The molecule has 1 fully saturated rings. The zero-order valence-electron chi connectivity index (χ0n) is 15.6. The highest BCUT2D eigenvalue weighted by molar-refractivity contribution is 6.33. The van der Waals surface area contributed by atoms with Crippen molar-refractivity contribution in [1.29, 1.82) is 0 Å². The van der Waals surface area contributed by atoms with Crippen LogP contribution >= 0.6 is 11.6 Å². The number of hydrogen-bond acceptors (Lipinski definition) is 5. The van der Waals surface area contributed by atoms with Gasteiger partial charge in [-0.1, -0.05) is 17.7 Å². The first kappa shape index (κ1) is 20.2. The van der Waals surface area contributed by atoms with Crippen LogP contribution in [0.5, 0.6) is 5.75 Å². The summed E-state index contributed by atoms with van der Waals surface area (Å²) in [5.74, 6) is -0.398. The van der Waals surface area contributed by atoms with Crippen LogP contribution in [0.25, 0.3) is 0 Å². The maximum Gasteiger partial charge on any atom is 0.338 e. The Bertz CT molecular complexity index is 831. The Morgan fingerprint density at radius 3 is 2.68 bits per heavy atom. The zero-order valence-corrected chi connectivity index (χ0v) is 16.3. The number of hydrogen-bond donors (Lipinski definition) is 1. The van der Waals surface area contributed by atoms with Gasteiger partial charge in [0.25, 0.3) is 5.91 Å². The average molecular weight is 404 g/mol. The lowest BCUT2D eigenvalue weighted by Crippen LogP contribution is -2.21. The lowest BCUT2D eigenvalue weighted by molar-refractivity contribution is -0.119. The molecule has 2 aromatic carbocycles. The zero-order chi connectivity index (χ0) is 19.9. The van der Waals surface area contributed by atoms with E-state index in [4.69, 9.17) is 25.8 Å². The van der Waals surface area contributed by atoms with Crippen molar-refractivity contribution in [2.45, 2.75) is 25.9 Å². The summed E-state index contributed by atoms with van der Waals surface area (Å²) < 4.78 is 16.2. The Kier molecular flexibility index (Phi) is 6.90. The van der Waals surface area contributed by atoms with Crippen LogP contribution in [0.15, 0.2) is 42.5 Å². The topological polar surface area (TPSA) is 73.9 Å². The van der Waals surface area contributed by atoms with Crippen molar-refractivity contribution < 1.29 is 23.8 Å². The number of ether oxygens (including phenoxy) is 3. The Labute approximate surface area is 168 Å². The molecule has 0 spiro atoms. The molecule has 1 heterocycles. The first-order chi connectivity index (χ1) is 13.5. The maximum absolute atomic E-state index is 12.1. The monoisotopic (exact) mass is 403 g/mol. The van der Waals surface area contributed by atoms with Gasteiger partial charge in [0.15, 0.2) is 6.61 Å². The second-order valence-corrected chi connectivity index (χ2v) is 6.99. The van der Waals surface area contributed by atoms with Crippen LogP contribution in [0.4, 0.5) is 5.69 Å². The van der Waals surface area contributed by atoms with Crippen LogP contribution in [0.3, 0.4) is 0 Å². The van der Waals surface area contributed by atoms with Crippen molar-refractivity contribution >= 4 is 29.2 Å². The Morgan fingerprint density at radius 1 is 1.21 bits per heavy atom. The predicted octanol–water partition coefficient (Wildman–Crippen LogP) is 4.00. The molecule has 0 unspecified atom stereocenters. The normalized spacial score (nSPS) is 15.9. The molecule has 6 nitrogen and oxygen atoms in total. The summed E-state index contributed by atoms with van der Waals surface area (Å²) in [5.41, 5.74) is 1.80. The average Bonchev–Trinajstić information content (AvgIpc) is 3.21. The van der Waals surface area contributed by atoms with Gasteiger partial charge in [0, 0.05) is 6.61 Å². The van der Waals surface area contributed by atoms with E-state index in [-0.39, 0.29) is 6.10 Å². The molecule has 0 bridgehead atoms. The molecule has 0 aromatic heterocycles. The molecule has 7 heteroatoms. The summed E-state index contributed by atoms with van der Waals surface area (Å²) in [5, 5.41) is 3.05. The lowest BCUT2D eigenvalue weighted by atomic mass is 10.2. The number of carbonyl (C=O) groups excluding carboxylic acids is 2. The van der Waals surface area contributed by atoms with Gasteiger partial charge < -0.3 is 19.5 Å². The number of anilines is 1. The van der Waals surface area contributed by atoms with Crippen LogP contribution < -0.4 is 10.1 Å². The smallest absolute Gasteiger partial charge is 0.338 e. The van der Waals surface area contributed by atoms with Crippen molar-refractivity contribution in [2.24, 2.45) is 0 Å². The van der Waals surface area contributed by atoms with Crippen molar-refractivity contribution in [2.75, 3.05) is 25.1 Å². The van der Waals surface area contributed by atoms with E-state index in [1.54, 1.807) is 36.4 Å². The van der Waals surface area contributed by atoms with Gasteiger partial charge in [-0.05, 0) is 61.7 Å². The quantitative estimate of drug-likeness (QED) is 0.707. The molecule has 1 N–H and O–H groups in total. The van der Waals surface area contributed by atoms with Crippen molar-refractivity contribution in [3.63, 3.8) is 0 Å². The van der Waals surface area contributed by atoms with Gasteiger partial charge in [0.1, 0.15) is 12.4 Å².